The standard InChI is InChI=1S/C25H32O4/c1-3-19(15-21-11-8-12-22(26)16-21)13-14-24(27)23(4-2)25(28)18-29-17-20-9-6-5-7-10-20/h4-12,15-16,23-28H,2-3,13-14,17-18H2,1H3/b19-15+/t23-,24-,25-/m1/s1. The van der Waals surface area contributed by atoms with Gasteiger partial charge in [0, 0.05) is 5.92 Å². The molecule has 0 unspecified atom stereocenters. The van der Waals surface area contributed by atoms with Crippen LogP contribution in [0.4, 0.5) is 0 Å². The Hall–Kier alpha value is -2.40. The second-order valence-corrected chi connectivity index (χ2v) is 7.24. The highest BCUT2D eigenvalue weighted by Crippen LogP contribution is 2.22. The van der Waals surface area contributed by atoms with Crippen LogP contribution < -0.4 is 0 Å². The van der Waals surface area contributed by atoms with E-state index in [1.807, 2.05) is 48.5 Å². The highest BCUT2D eigenvalue weighted by atomic mass is 16.5. The van der Waals surface area contributed by atoms with E-state index in [0.29, 0.717) is 19.4 Å². The number of hydrogen-bond donors (Lipinski definition) is 3. The summed E-state index contributed by atoms with van der Waals surface area (Å²) in [5.41, 5.74) is 3.15. The maximum Gasteiger partial charge on any atom is 0.116 e. The summed E-state index contributed by atoms with van der Waals surface area (Å²) in [4.78, 5) is 0. The van der Waals surface area contributed by atoms with E-state index in [1.54, 1.807) is 18.2 Å². The average Bonchev–Trinajstić information content (AvgIpc) is 2.72. The second kappa shape index (κ2) is 12.2. The lowest BCUT2D eigenvalue weighted by Crippen LogP contribution is -2.33. The van der Waals surface area contributed by atoms with Gasteiger partial charge in [0.2, 0.25) is 0 Å². The molecule has 2 rings (SSSR count). The molecular formula is C25H32O4. The summed E-state index contributed by atoms with van der Waals surface area (Å²) in [5, 5.41) is 30.6. The molecule has 0 saturated carbocycles. The van der Waals surface area contributed by atoms with E-state index in [0.717, 1.165) is 17.5 Å². The quantitative estimate of drug-likeness (QED) is 0.455. The first-order valence-corrected chi connectivity index (χ1v) is 10.1. The van der Waals surface area contributed by atoms with E-state index in [4.69, 9.17) is 4.74 Å². The Balaban J connectivity index is 1.85. The number of hydrogen-bond acceptors (Lipinski definition) is 4. The fraction of sp³-hybridized carbons (Fsp3) is 0.360. The van der Waals surface area contributed by atoms with E-state index < -0.39 is 18.1 Å². The largest absolute Gasteiger partial charge is 0.508 e. The fourth-order valence-electron chi connectivity index (χ4n) is 3.28. The number of rotatable bonds is 12. The summed E-state index contributed by atoms with van der Waals surface area (Å²) in [6.07, 6.45) is 4.19. The van der Waals surface area contributed by atoms with Gasteiger partial charge in [-0.2, -0.15) is 0 Å². The van der Waals surface area contributed by atoms with Gasteiger partial charge in [0.15, 0.2) is 0 Å². The fourth-order valence-corrected chi connectivity index (χ4v) is 3.28. The summed E-state index contributed by atoms with van der Waals surface area (Å²) in [5.74, 6) is -0.218. The molecular weight excluding hydrogens is 364 g/mol. The van der Waals surface area contributed by atoms with Crippen molar-refractivity contribution in [1.29, 1.82) is 0 Å². The number of aliphatic hydroxyl groups is 2. The monoisotopic (exact) mass is 396 g/mol. The van der Waals surface area contributed by atoms with Crippen LogP contribution in [0.5, 0.6) is 5.75 Å². The van der Waals surface area contributed by atoms with Gasteiger partial charge < -0.3 is 20.1 Å². The first-order chi connectivity index (χ1) is 14.0. The Morgan fingerprint density at radius 3 is 2.48 bits per heavy atom. The van der Waals surface area contributed by atoms with Crippen LogP contribution in [0.2, 0.25) is 0 Å². The second-order valence-electron chi connectivity index (χ2n) is 7.24. The van der Waals surface area contributed by atoms with Crippen molar-refractivity contribution in [2.75, 3.05) is 6.61 Å². The SMILES string of the molecule is C=C[C@H]([C@H](O)CC/C(=C/c1cccc(O)c1)CC)[C@H](O)COCc1ccccc1. The van der Waals surface area contributed by atoms with Crippen molar-refractivity contribution in [3.63, 3.8) is 0 Å². The highest BCUT2D eigenvalue weighted by molar-refractivity contribution is 5.54. The van der Waals surface area contributed by atoms with Gasteiger partial charge in [-0.05, 0) is 42.5 Å². The van der Waals surface area contributed by atoms with E-state index in [1.165, 1.54) is 5.57 Å². The summed E-state index contributed by atoms with van der Waals surface area (Å²) in [6, 6.07) is 16.9. The Labute approximate surface area is 173 Å². The van der Waals surface area contributed by atoms with Gasteiger partial charge in [0.1, 0.15) is 5.75 Å². The van der Waals surface area contributed by atoms with Gasteiger partial charge in [0.05, 0.1) is 25.4 Å². The predicted octanol–water partition coefficient (Wildman–Crippen LogP) is 4.71. The zero-order chi connectivity index (χ0) is 21.1. The summed E-state index contributed by atoms with van der Waals surface area (Å²) < 4.78 is 5.61. The molecule has 0 fully saturated rings. The summed E-state index contributed by atoms with van der Waals surface area (Å²) in [7, 11) is 0. The van der Waals surface area contributed by atoms with Gasteiger partial charge in [-0.15, -0.1) is 6.58 Å². The number of benzene rings is 2. The summed E-state index contributed by atoms with van der Waals surface area (Å²) >= 11 is 0. The van der Waals surface area contributed by atoms with Crippen molar-refractivity contribution in [3.05, 3.63) is 84.0 Å². The minimum absolute atomic E-state index is 0.141. The van der Waals surface area contributed by atoms with Crippen LogP contribution in [-0.2, 0) is 11.3 Å². The van der Waals surface area contributed by atoms with Gasteiger partial charge in [-0.25, -0.2) is 0 Å². The number of phenols is 1. The molecule has 0 aliphatic rings. The lowest BCUT2D eigenvalue weighted by molar-refractivity contribution is -0.0273. The predicted molar refractivity (Wildman–Crippen MR) is 117 cm³/mol. The Bertz CT molecular complexity index is 769. The molecule has 0 spiro atoms. The van der Waals surface area contributed by atoms with Crippen molar-refractivity contribution in [2.24, 2.45) is 5.92 Å². The molecule has 0 aromatic heterocycles. The van der Waals surface area contributed by atoms with Crippen LogP contribution in [0, 0.1) is 5.92 Å². The average molecular weight is 397 g/mol. The number of ether oxygens (including phenoxy) is 1. The van der Waals surface area contributed by atoms with Gasteiger partial charge >= 0.3 is 0 Å². The number of allylic oxidation sites excluding steroid dienone is 1. The molecule has 0 aliphatic heterocycles. The summed E-state index contributed by atoms with van der Waals surface area (Å²) in [6.45, 7) is 6.41. The van der Waals surface area contributed by atoms with Crippen molar-refractivity contribution in [2.45, 2.75) is 45.0 Å². The smallest absolute Gasteiger partial charge is 0.116 e. The van der Waals surface area contributed by atoms with Crippen LogP contribution in [0.15, 0.2) is 72.8 Å². The third-order valence-corrected chi connectivity index (χ3v) is 5.02. The number of aliphatic hydroxyl groups excluding tert-OH is 2. The van der Waals surface area contributed by atoms with Crippen LogP contribution in [0.25, 0.3) is 6.08 Å². The van der Waals surface area contributed by atoms with Crippen LogP contribution in [0.1, 0.15) is 37.3 Å². The molecule has 0 saturated heterocycles. The molecule has 156 valence electrons. The Morgan fingerprint density at radius 1 is 1.07 bits per heavy atom. The van der Waals surface area contributed by atoms with Gasteiger partial charge in [-0.1, -0.05) is 67.1 Å². The van der Waals surface area contributed by atoms with Crippen LogP contribution in [-0.4, -0.2) is 34.1 Å². The van der Waals surface area contributed by atoms with Crippen LogP contribution >= 0.6 is 0 Å². The molecule has 0 amide bonds. The lowest BCUT2D eigenvalue weighted by Gasteiger charge is -2.25. The molecule has 3 atom stereocenters. The van der Waals surface area contributed by atoms with E-state index in [-0.39, 0.29) is 12.4 Å². The molecule has 2 aromatic rings. The zero-order valence-corrected chi connectivity index (χ0v) is 17.1. The Kier molecular flexibility index (Phi) is 9.65. The number of aromatic hydroxyl groups is 1. The minimum atomic E-state index is -0.814. The van der Waals surface area contributed by atoms with E-state index in [9.17, 15) is 15.3 Å². The zero-order valence-electron chi connectivity index (χ0n) is 17.1. The first kappa shape index (κ1) is 22.9. The lowest BCUT2D eigenvalue weighted by atomic mass is 9.91. The molecule has 2 aromatic carbocycles. The molecule has 0 aliphatic carbocycles. The molecule has 0 heterocycles. The normalized spacial score (nSPS) is 14.9. The maximum atomic E-state index is 10.6. The van der Waals surface area contributed by atoms with Gasteiger partial charge in [-0.3, -0.25) is 0 Å². The van der Waals surface area contributed by atoms with Crippen LogP contribution in [0.3, 0.4) is 0 Å². The number of phenolic OH excluding ortho intramolecular Hbond substituents is 1. The topological polar surface area (TPSA) is 69.9 Å². The molecule has 0 radical (unpaired) electrons. The van der Waals surface area contributed by atoms with Crippen molar-refractivity contribution in [3.8, 4) is 5.75 Å². The molecule has 29 heavy (non-hydrogen) atoms. The highest BCUT2D eigenvalue weighted by Gasteiger charge is 2.24. The van der Waals surface area contributed by atoms with E-state index >= 15 is 0 Å². The van der Waals surface area contributed by atoms with Gasteiger partial charge in [0.25, 0.3) is 0 Å². The van der Waals surface area contributed by atoms with Crippen molar-refractivity contribution < 1.29 is 20.1 Å². The molecule has 4 nitrogen and oxygen atoms in total. The molecule has 3 N–H and O–H groups in total. The Morgan fingerprint density at radius 2 is 1.83 bits per heavy atom. The first-order valence-electron chi connectivity index (χ1n) is 10.1. The van der Waals surface area contributed by atoms with Crippen molar-refractivity contribution in [1.82, 2.24) is 0 Å². The molecule has 0 bridgehead atoms. The third kappa shape index (κ3) is 7.86. The molecule has 4 heteroatoms. The minimum Gasteiger partial charge on any atom is -0.508 e. The third-order valence-electron chi connectivity index (χ3n) is 5.02. The van der Waals surface area contributed by atoms with Crippen molar-refractivity contribution >= 4 is 6.08 Å². The van der Waals surface area contributed by atoms with E-state index in [2.05, 4.69) is 13.5 Å². The maximum absolute atomic E-state index is 10.6.